The first-order valence-corrected chi connectivity index (χ1v) is 8.23. The molecule has 1 aliphatic rings. The number of hydrogen-bond donors (Lipinski definition) is 2. The van der Waals surface area contributed by atoms with E-state index in [1.54, 1.807) is 0 Å². The molecule has 0 radical (unpaired) electrons. The molecule has 0 aliphatic carbocycles. The lowest BCUT2D eigenvalue weighted by Crippen LogP contribution is -2.51. The van der Waals surface area contributed by atoms with Crippen molar-refractivity contribution in [2.75, 3.05) is 13.2 Å². The van der Waals surface area contributed by atoms with Crippen LogP contribution < -0.4 is 4.72 Å². The summed E-state index contributed by atoms with van der Waals surface area (Å²) in [5, 5.41) is 9.28. The lowest BCUT2D eigenvalue weighted by molar-refractivity contribution is 0.0386. The van der Waals surface area contributed by atoms with Gasteiger partial charge in [-0.05, 0) is 37.5 Å². The van der Waals surface area contributed by atoms with E-state index in [2.05, 4.69) is 4.72 Å². The van der Waals surface area contributed by atoms with Crippen LogP contribution >= 0.6 is 11.6 Å². The number of aliphatic hydroxyl groups excluding tert-OH is 1. The lowest BCUT2D eigenvalue weighted by Gasteiger charge is -2.33. The third kappa shape index (κ3) is 3.51. The largest absolute Gasteiger partial charge is 0.392 e. The Hall–Kier alpha value is -0.660. The number of rotatable bonds is 4. The van der Waals surface area contributed by atoms with Crippen LogP contribution in [-0.2, 0) is 21.4 Å². The summed E-state index contributed by atoms with van der Waals surface area (Å²) < 4.78 is 32.8. The standard InChI is InChI=1S/C13H18ClNO4S/c1-13(5-2-6-19-9-13)15-20(17,18)11-4-3-10(8-16)12(14)7-11/h3-4,7,15-16H,2,5-6,8-9H2,1H3. The minimum atomic E-state index is -3.66. The fraction of sp³-hybridized carbons (Fsp3) is 0.538. The van der Waals surface area contributed by atoms with Gasteiger partial charge in [0.2, 0.25) is 10.0 Å². The van der Waals surface area contributed by atoms with E-state index >= 15 is 0 Å². The van der Waals surface area contributed by atoms with E-state index in [9.17, 15) is 8.42 Å². The Bertz CT molecular complexity index is 582. The predicted molar refractivity (Wildman–Crippen MR) is 76.2 cm³/mol. The van der Waals surface area contributed by atoms with Gasteiger partial charge < -0.3 is 9.84 Å². The Morgan fingerprint density at radius 3 is 2.80 bits per heavy atom. The number of sulfonamides is 1. The summed E-state index contributed by atoms with van der Waals surface area (Å²) in [6.45, 7) is 2.62. The number of aliphatic hydroxyl groups is 1. The molecule has 112 valence electrons. The second kappa shape index (κ2) is 5.99. The average Bonchev–Trinajstić information content (AvgIpc) is 2.38. The molecule has 1 fully saturated rings. The van der Waals surface area contributed by atoms with Crippen LogP contribution in [0.3, 0.4) is 0 Å². The lowest BCUT2D eigenvalue weighted by atomic mass is 9.97. The molecule has 0 amide bonds. The minimum absolute atomic E-state index is 0.0894. The van der Waals surface area contributed by atoms with E-state index in [-0.39, 0.29) is 16.5 Å². The molecule has 1 aliphatic heterocycles. The van der Waals surface area contributed by atoms with Crippen molar-refractivity contribution in [3.8, 4) is 0 Å². The monoisotopic (exact) mass is 319 g/mol. The summed E-state index contributed by atoms with van der Waals surface area (Å²) in [6, 6.07) is 4.30. The van der Waals surface area contributed by atoms with Gasteiger partial charge in [-0.2, -0.15) is 0 Å². The van der Waals surface area contributed by atoms with Crippen molar-refractivity contribution >= 4 is 21.6 Å². The molecule has 1 aromatic rings. The minimum Gasteiger partial charge on any atom is -0.392 e. The molecule has 0 bridgehead atoms. The highest BCUT2D eigenvalue weighted by Gasteiger charge is 2.33. The van der Waals surface area contributed by atoms with Gasteiger partial charge in [0.1, 0.15) is 0 Å². The van der Waals surface area contributed by atoms with Gasteiger partial charge in [0, 0.05) is 11.6 Å². The quantitative estimate of drug-likeness (QED) is 0.885. The second-order valence-electron chi connectivity index (χ2n) is 5.23. The van der Waals surface area contributed by atoms with Crippen molar-refractivity contribution in [2.24, 2.45) is 0 Å². The van der Waals surface area contributed by atoms with Gasteiger partial charge in [-0.3, -0.25) is 0 Å². The van der Waals surface area contributed by atoms with E-state index < -0.39 is 15.6 Å². The van der Waals surface area contributed by atoms with Crippen molar-refractivity contribution in [3.63, 3.8) is 0 Å². The molecular weight excluding hydrogens is 302 g/mol. The molecule has 20 heavy (non-hydrogen) atoms. The summed E-state index contributed by atoms with van der Waals surface area (Å²) in [7, 11) is -3.66. The predicted octanol–water partition coefficient (Wildman–Crippen LogP) is 1.68. The van der Waals surface area contributed by atoms with Crippen LogP contribution in [0.2, 0.25) is 5.02 Å². The number of hydrogen-bond acceptors (Lipinski definition) is 4. The van der Waals surface area contributed by atoms with Gasteiger partial charge in [-0.1, -0.05) is 17.7 Å². The molecule has 0 saturated carbocycles. The Balaban J connectivity index is 2.24. The van der Waals surface area contributed by atoms with E-state index in [4.69, 9.17) is 21.4 Å². The SMILES string of the molecule is CC1(NS(=O)(=O)c2ccc(CO)c(Cl)c2)CCCOC1. The van der Waals surface area contributed by atoms with E-state index in [0.717, 1.165) is 12.8 Å². The molecule has 1 heterocycles. The Kier molecular flexibility index (Phi) is 4.71. The van der Waals surface area contributed by atoms with Crippen LogP contribution in [0.5, 0.6) is 0 Å². The number of benzene rings is 1. The zero-order valence-electron chi connectivity index (χ0n) is 11.2. The summed E-state index contributed by atoms with van der Waals surface area (Å²) >= 11 is 5.94. The van der Waals surface area contributed by atoms with Crippen LogP contribution in [0.4, 0.5) is 0 Å². The number of halogens is 1. The first-order valence-electron chi connectivity index (χ1n) is 6.37. The van der Waals surface area contributed by atoms with Crippen LogP contribution in [0.15, 0.2) is 23.1 Å². The Morgan fingerprint density at radius 1 is 1.50 bits per heavy atom. The third-order valence-corrected chi connectivity index (χ3v) is 5.31. The normalized spacial score (nSPS) is 23.8. The number of ether oxygens (including phenoxy) is 1. The molecule has 0 aromatic heterocycles. The summed E-state index contributed by atoms with van der Waals surface area (Å²) in [5.74, 6) is 0. The highest BCUT2D eigenvalue weighted by Crippen LogP contribution is 2.24. The highest BCUT2D eigenvalue weighted by molar-refractivity contribution is 7.89. The fourth-order valence-corrected chi connectivity index (χ4v) is 3.97. The molecular formula is C13H18ClNO4S. The summed E-state index contributed by atoms with van der Waals surface area (Å²) in [6.07, 6.45) is 1.55. The van der Waals surface area contributed by atoms with Gasteiger partial charge in [-0.15, -0.1) is 0 Å². The van der Waals surface area contributed by atoms with Crippen LogP contribution in [0.1, 0.15) is 25.3 Å². The zero-order valence-corrected chi connectivity index (χ0v) is 12.8. The molecule has 1 atom stereocenters. The first kappa shape index (κ1) is 15.7. The van der Waals surface area contributed by atoms with Gasteiger partial charge in [0.15, 0.2) is 0 Å². The van der Waals surface area contributed by atoms with Crippen molar-refractivity contribution in [1.29, 1.82) is 0 Å². The van der Waals surface area contributed by atoms with Crippen LogP contribution in [0, 0.1) is 0 Å². The van der Waals surface area contributed by atoms with Crippen molar-refractivity contribution < 1.29 is 18.3 Å². The van der Waals surface area contributed by atoms with Crippen LogP contribution in [0.25, 0.3) is 0 Å². The molecule has 1 unspecified atom stereocenters. The van der Waals surface area contributed by atoms with E-state index in [1.807, 2.05) is 6.92 Å². The smallest absolute Gasteiger partial charge is 0.241 e. The average molecular weight is 320 g/mol. The molecule has 7 heteroatoms. The summed E-state index contributed by atoms with van der Waals surface area (Å²) in [5.41, 5.74) is -0.100. The highest BCUT2D eigenvalue weighted by atomic mass is 35.5. The maximum absolute atomic E-state index is 12.4. The van der Waals surface area contributed by atoms with E-state index in [0.29, 0.717) is 18.8 Å². The summed E-state index contributed by atoms with van der Waals surface area (Å²) in [4.78, 5) is 0.0894. The van der Waals surface area contributed by atoms with Crippen LogP contribution in [-0.4, -0.2) is 32.3 Å². The zero-order chi connectivity index (χ0) is 14.8. The van der Waals surface area contributed by atoms with Crippen molar-refractivity contribution in [3.05, 3.63) is 28.8 Å². The topological polar surface area (TPSA) is 75.6 Å². The maximum atomic E-state index is 12.4. The first-order chi connectivity index (χ1) is 9.36. The maximum Gasteiger partial charge on any atom is 0.241 e. The fourth-order valence-electron chi connectivity index (χ4n) is 2.22. The molecule has 2 N–H and O–H groups in total. The van der Waals surface area contributed by atoms with Crippen molar-refractivity contribution in [2.45, 2.75) is 36.8 Å². The molecule has 0 spiro atoms. The van der Waals surface area contributed by atoms with Crippen molar-refractivity contribution in [1.82, 2.24) is 4.72 Å². The molecule has 5 nitrogen and oxygen atoms in total. The van der Waals surface area contributed by atoms with Gasteiger partial charge in [0.25, 0.3) is 0 Å². The van der Waals surface area contributed by atoms with E-state index in [1.165, 1.54) is 18.2 Å². The number of nitrogens with one attached hydrogen (secondary N) is 1. The Labute approximate surface area is 124 Å². The Morgan fingerprint density at radius 2 is 2.25 bits per heavy atom. The van der Waals surface area contributed by atoms with Gasteiger partial charge in [-0.25, -0.2) is 13.1 Å². The molecule has 1 aromatic carbocycles. The molecule has 1 saturated heterocycles. The van der Waals surface area contributed by atoms with Gasteiger partial charge >= 0.3 is 0 Å². The molecule has 2 rings (SSSR count). The third-order valence-electron chi connectivity index (χ3n) is 3.32. The van der Waals surface area contributed by atoms with Gasteiger partial charge in [0.05, 0.1) is 23.6 Å². The second-order valence-corrected chi connectivity index (χ2v) is 7.32.